The zero-order valence-electron chi connectivity index (χ0n) is 21.7. The maximum atomic E-state index is 12.2. The summed E-state index contributed by atoms with van der Waals surface area (Å²) in [6.07, 6.45) is 6.29. The Kier molecular flexibility index (Phi) is 8.68. The number of carbonyl (C=O) groups is 1. The fourth-order valence-corrected chi connectivity index (χ4v) is 5.86. The van der Waals surface area contributed by atoms with Crippen molar-refractivity contribution in [3.05, 3.63) is 59.7 Å². The van der Waals surface area contributed by atoms with Crippen molar-refractivity contribution in [3.63, 3.8) is 0 Å². The van der Waals surface area contributed by atoms with Crippen LogP contribution in [0.15, 0.2) is 53.7 Å². The molecule has 1 aliphatic heterocycles. The average Bonchev–Trinajstić information content (AvgIpc) is 3.22. The van der Waals surface area contributed by atoms with Crippen LogP contribution in [-0.4, -0.2) is 62.5 Å². The third-order valence-electron chi connectivity index (χ3n) is 7.01. The summed E-state index contributed by atoms with van der Waals surface area (Å²) in [5.41, 5.74) is 5.32. The predicted molar refractivity (Wildman–Crippen MR) is 151 cm³/mol. The highest BCUT2D eigenvalue weighted by Crippen LogP contribution is 2.28. The van der Waals surface area contributed by atoms with Gasteiger partial charge in [0.05, 0.1) is 5.52 Å². The molecule has 8 heteroatoms. The molecule has 4 aromatic rings. The van der Waals surface area contributed by atoms with Gasteiger partial charge in [-0.3, -0.25) is 4.79 Å². The van der Waals surface area contributed by atoms with Gasteiger partial charge in [-0.2, -0.15) is 0 Å². The van der Waals surface area contributed by atoms with Crippen molar-refractivity contribution in [2.45, 2.75) is 57.1 Å². The minimum absolute atomic E-state index is 0.155. The number of likely N-dealkylation sites (tertiary alicyclic amines) is 1. The number of rotatable bonds is 11. The molecule has 1 amide bonds. The standard InChI is InChI=1S/C29H36N6OS/c1-22-10-9-11-23(20-22)21-35-25-13-4-3-12-24(25)27-28(35)31-29(33-32-27)37-19-8-5-14-26(36)30-15-18-34-16-6-2-7-17-34/h3-4,9-13,20H,2,5-8,14-19,21H2,1H3,(H,30,36). The van der Waals surface area contributed by atoms with Gasteiger partial charge in [0.2, 0.25) is 11.1 Å². The molecular formula is C29H36N6OS. The van der Waals surface area contributed by atoms with Gasteiger partial charge in [0.15, 0.2) is 5.65 Å². The number of nitrogens with one attached hydrogen (secondary N) is 1. The second kappa shape index (κ2) is 12.5. The van der Waals surface area contributed by atoms with E-state index in [0.29, 0.717) is 11.6 Å². The average molecular weight is 517 g/mol. The van der Waals surface area contributed by atoms with Crippen LogP contribution >= 0.6 is 11.8 Å². The third-order valence-corrected chi connectivity index (χ3v) is 7.93. The molecule has 0 aliphatic carbocycles. The first-order valence-corrected chi connectivity index (χ1v) is 14.4. The van der Waals surface area contributed by atoms with Crippen molar-refractivity contribution in [3.8, 4) is 0 Å². The lowest BCUT2D eigenvalue weighted by Crippen LogP contribution is -2.37. The van der Waals surface area contributed by atoms with Crippen molar-refractivity contribution >= 4 is 39.7 Å². The Morgan fingerprint density at radius 3 is 2.76 bits per heavy atom. The topological polar surface area (TPSA) is 75.9 Å². The Hall–Kier alpha value is -2.97. The lowest BCUT2D eigenvalue weighted by molar-refractivity contribution is -0.121. The van der Waals surface area contributed by atoms with E-state index in [9.17, 15) is 4.79 Å². The molecule has 5 rings (SSSR count). The molecule has 1 fully saturated rings. The normalized spacial score (nSPS) is 14.4. The number of thioether (sulfide) groups is 1. The predicted octanol–water partition coefficient (Wildman–Crippen LogP) is 5.20. The molecule has 37 heavy (non-hydrogen) atoms. The second-order valence-electron chi connectivity index (χ2n) is 9.92. The van der Waals surface area contributed by atoms with E-state index in [-0.39, 0.29) is 5.91 Å². The summed E-state index contributed by atoms with van der Waals surface area (Å²) < 4.78 is 2.24. The molecular weight excluding hydrogens is 480 g/mol. The molecule has 0 atom stereocenters. The number of benzene rings is 2. The number of aromatic nitrogens is 4. The quantitative estimate of drug-likeness (QED) is 0.218. The molecule has 0 bridgehead atoms. The van der Waals surface area contributed by atoms with Crippen molar-refractivity contribution < 1.29 is 4.79 Å². The fraction of sp³-hybridized carbons (Fsp3) is 0.448. The van der Waals surface area contributed by atoms with Crippen molar-refractivity contribution in [2.24, 2.45) is 0 Å². The van der Waals surface area contributed by atoms with E-state index in [4.69, 9.17) is 4.98 Å². The van der Waals surface area contributed by atoms with E-state index < -0.39 is 0 Å². The molecule has 0 saturated carbocycles. The first-order chi connectivity index (χ1) is 18.2. The minimum Gasteiger partial charge on any atom is -0.355 e. The fourth-order valence-electron chi connectivity index (χ4n) is 5.08. The summed E-state index contributed by atoms with van der Waals surface area (Å²) >= 11 is 1.61. The lowest BCUT2D eigenvalue weighted by Gasteiger charge is -2.26. The van der Waals surface area contributed by atoms with E-state index in [1.54, 1.807) is 11.8 Å². The zero-order chi connectivity index (χ0) is 25.5. The SMILES string of the molecule is Cc1cccc(Cn2c3ccccc3c3nnc(SCCCCC(=O)NCCN4CCCCC4)nc32)c1. The minimum atomic E-state index is 0.155. The number of amides is 1. The smallest absolute Gasteiger partial charge is 0.220 e. The van der Waals surface area contributed by atoms with Crippen LogP contribution in [0.25, 0.3) is 22.1 Å². The van der Waals surface area contributed by atoms with Gasteiger partial charge in [-0.25, -0.2) is 4.98 Å². The number of aryl methyl sites for hydroxylation is 1. The summed E-state index contributed by atoms with van der Waals surface area (Å²) in [6, 6.07) is 16.9. The van der Waals surface area contributed by atoms with E-state index in [0.717, 1.165) is 60.3 Å². The molecule has 1 saturated heterocycles. The highest BCUT2D eigenvalue weighted by atomic mass is 32.2. The highest BCUT2D eigenvalue weighted by Gasteiger charge is 2.15. The molecule has 3 heterocycles. The molecule has 0 spiro atoms. The van der Waals surface area contributed by atoms with Crippen LogP contribution < -0.4 is 5.32 Å². The highest BCUT2D eigenvalue weighted by molar-refractivity contribution is 7.99. The number of para-hydroxylation sites is 1. The lowest BCUT2D eigenvalue weighted by atomic mass is 10.1. The first-order valence-electron chi connectivity index (χ1n) is 13.5. The van der Waals surface area contributed by atoms with Crippen LogP contribution in [-0.2, 0) is 11.3 Å². The van der Waals surface area contributed by atoms with Crippen LogP contribution in [0, 0.1) is 6.92 Å². The van der Waals surface area contributed by atoms with Crippen molar-refractivity contribution in [1.82, 2.24) is 30.0 Å². The molecule has 7 nitrogen and oxygen atoms in total. The Bertz CT molecular complexity index is 1350. The van der Waals surface area contributed by atoms with Gasteiger partial charge in [0.1, 0.15) is 5.52 Å². The van der Waals surface area contributed by atoms with Crippen molar-refractivity contribution in [1.29, 1.82) is 0 Å². The summed E-state index contributed by atoms with van der Waals surface area (Å²) in [5, 5.41) is 13.8. The van der Waals surface area contributed by atoms with Gasteiger partial charge >= 0.3 is 0 Å². The molecule has 2 aromatic heterocycles. The van der Waals surface area contributed by atoms with Crippen LogP contribution in [0.4, 0.5) is 0 Å². The van der Waals surface area contributed by atoms with Gasteiger partial charge in [0, 0.05) is 37.2 Å². The number of fused-ring (bicyclic) bond motifs is 3. The van der Waals surface area contributed by atoms with Gasteiger partial charge in [-0.15, -0.1) is 10.2 Å². The number of hydrogen-bond acceptors (Lipinski definition) is 6. The largest absolute Gasteiger partial charge is 0.355 e. The number of nitrogens with zero attached hydrogens (tertiary/aromatic N) is 5. The number of hydrogen-bond donors (Lipinski definition) is 1. The molecule has 0 unspecified atom stereocenters. The van der Waals surface area contributed by atoms with Gasteiger partial charge in [-0.1, -0.05) is 66.2 Å². The second-order valence-corrected chi connectivity index (χ2v) is 11.0. The Morgan fingerprint density at radius 2 is 1.89 bits per heavy atom. The Balaban J connectivity index is 1.15. The monoisotopic (exact) mass is 516 g/mol. The number of carbonyl (C=O) groups excluding carboxylic acids is 1. The third kappa shape index (κ3) is 6.67. The summed E-state index contributed by atoms with van der Waals surface area (Å²) in [7, 11) is 0. The van der Waals surface area contributed by atoms with Gasteiger partial charge < -0.3 is 14.8 Å². The van der Waals surface area contributed by atoms with Crippen LogP contribution in [0.3, 0.4) is 0 Å². The van der Waals surface area contributed by atoms with Crippen LogP contribution in [0.5, 0.6) is 0 Å². The van der Waals surface area contributed by atoms with Crippen LogP contribution in [0.1, 0.15) is 49.7 Å². The molecule has 0 radical (unpaired) electrons. The number of piperidine rings is 1. The Morgan fingerprint density at radius 1 is 1.03 bits per heavy atom. The van der Waals surface area contributed by atoms with Gasteiger partial charge in [0.25, 0.3) is 0 Å². The summed E-state index contributed by atoms with van der Waals surface area (Å²) in [4.78, 5) is 19.6. The van der Waals surface area contributed by atoms with E-state index in [1.807, 2.05) is 6.07 Å². The van der Waals surface area contributed by atoms with Crippen molar-refractivity contribution in [2.75, 3.05) is 31.9 Å². The van der Waals surface area contributed by atoms with E-state index >= 15 is 0 Å². The molecule has 2 aromatic carbocycles. The Labute approximate surface area is 223 Å². The maximum Gasteiger partial charge on any atom is 0.220 e. The molecule has 194 valence electrons. The zero-order valence-corrected chi connectivity index (χ0v) is 22.5. The molecule has 1 aliphatic rings. The maximum absolute atomic E-state index is 12.2. The van der Waals surface area contributed by atoms with E-state index in [2.05, 4.69) is 74.4 Å². The summed E-state index contributed by atoms with van der Waals surface area (Å²) in [5.74, 6) is 1.02. The summed E-state index contributed by atoms with van der Waals surface area (Å²) in [6.45, 7) is 6.91. The van der Waals surface area contributed by atoms with Crippen LogP contribution in [0.2, 0.25) is 0 Å². The first kappa shape index (κ1) is 25.7. The molecule has 1 N–H and O–H groups in total. The van der Waals surface area contributed by atoms with E-state index in [1.165, 1.54) is 43.5 Å². The number of unbranched alkanes of at least 4 members (excludes halogenated alkanes) is 1. The van der Waals surface area contributed by atoms with Gasteiger partial charge in [-0.05, 0) is 57.3 Å².